The Balaban J connectivity index is 1.48. The Morgan fingerprint density at radius 2 is 1.65 bits per heavy atom. The molecule has 0 spiro atoms. The van der Waals surface area contributed by atoms with Crippen molar-refractivity contribution in [1.29, 1.82) is 0 Å². The summed E-state index contributed by atoms with van der Waals surface area (Å²) >= 11 is 0. The molecule has 126 valence electrons. The van der Waals surface area contributed by atoms with Gasteiger partial charge in [-0.3, -0.25) is 9.59 Å². The molecule has 5 nitrogen and oxygen atoms in total. The zero-order valence-corrected chi connectivity index (χ0v) is 13.6. The zero-order chi connectivity index (χ0) is 15.8. The quantitative estimate of drug-likeness (QED) is 0.799. The predicted molar refractivity (Wildman–Crippen MR) is 85.5 cm³/mol. The number of nitrogens with one attached hydrogen (secondary N) is 1. The van der Waals surface area contributed by atoms with Gasteiger partial charge in [-0.2, -0.15) is 0 Å². The van der Waals surface area contributed by atoms with Gasteiger partial charge >= 0.3 is 0 Å². The monoisotopic (exact) mass is 318 g/mol. The van der Waals surface area contributed by atoms with Crippen LogP contribution in [0.3, 0.4) is 0 Å². The first-order valence-electron chi connectivity index (χ1n) is 9.09. The van der Waals surface area contributed by atoms with Crippen molar-refractivity contribution in [3.8, 4) is 0 Å². The lowest BCUT2D eigenvalue weighted by Gasteiger charge is -2.34. The number of carbonyl (C=O) groups is 2. The van der Waals surface area contributed by atoms with E-state index < -0.39 is 0 Å². The van der Waals surface area contributed by atoms with E-state index in [0.29, 0.717) is 32.3 Å². The van der Waals surface area contributed by atoms with Gasteiger partial charge in [0.1, 0.15) is 0 Å². The van der Waals surface area contributed by atoms with Gasteiger partial charge in [-0.05, 0) is 31.1 Å². The maximum Gasteiger partial charge on any atom is 0.227 e. The topological polar surface area (TPSA) is 58.6 Å². The van der Waals surface area contributed by atoms with E-state index in [2.05, 4.69) is 17.5 Å². The van der Waals surface area contributed by atoms with Crippen molar-refractivity contribution < 1.29 is 14.3 Å². The summed E-state index contributed by atoms with van der Waals surface area (Å²) < 4.78 is 5.35. The van der Waals surface area contributed by atoms with Gasteiger partial charge in [0.15, 0.2) is 0 Å². The molecule has 5 heteroatoms. The molecule has 3 aliphatic carbocycles. The number of carbonyl (C=O) groups excluding carboxylic acids is 2. The van der Waals surface area contributed by atoms with E-state index in [1.807, 2.05) is 4.90 Å². The normalized spacial score (nSPS) is 36.6. The highest BCUT2D eigenvalue weighted by molar-refractivity contribution is 5.90. The van der Waals surface area contributed by atoms with Crippen LogP contribution in [0.5, 0.6) is 0 Å². The molecule has 1 N–H and O–H groups in total. The second-order valence-electron chi connectivity index (χ2n) is 7.43. The first kappa shape index (κ1) is 15.2. The molecule has 1 saturated heterocycles. The van der Waals surface area contributed by atoms with Gasteiger partial charge in [0.05, 0.1) is 25.0 Å². The molecule has 1 aliphatic heterocycles. The van der Waals surface area contributed by atoms with Gasteiger partial charge in [0.25, 0.3) is 0 Å². The maximum atomic E-state index is 13.0. The van der Waals surface area contributed by atoms with Gasteiger partial charge in [-0.15, -0.1) is 0 Å². The van der Waals surface area contributed by atoms with E-state index in [1.165, 1.54) is 12.8 Å². The first-order chi connectivity index (χ1) is 11.2. The molecule has 0 aromatic rings. The summed E-state index contributed by atoms with van der Waals surface area (Å²) in [5.41, 5.74) is 0. The minimum Gasteiger partial charge on any atom is -0.378 e. The van der Waals surface area contributed by atoms with E-state index in [9.17, 15) is 9.59 Å². The Hall–Kier alpha value is -1.36. The highest BCUT2D eigenvalue weighted by Crippen LogP contribution is 2.49. The summed E-state index contributed by atoms with van der Waals surface area (Å²) in [7, 11) is 0. The molecular formula is C18H26N2O3. The molecule has 0 unspecified atom stereocenters. The highest BCUT2D eigenvalue weighted by Gasteiger charge is 2.52. The van der Waals surface area contributed by atoms with Gasteiger partial charge in [0.2, 0.25) is 11.8 Å². The Labute approximate surface area is 137 Å². The van der Waals surface area contributed by atoms with Crippen LogP contribution >= 0.6 is 0 Å². The van der Waals surface area contributed by atoms with Crippen LogP contribution in [0, 0.1) is 23.7 Å². The molecule has 1 heterocycles. The largest absolute Gasteiger partial charge is 0.378 e. The third-order valence-electron chi connectivity index (χ3n) is 6.07. The summed E-state index contributed by atoms with van der Waals surface area (Å²) in [5.74, 6) is 0.439. The minimum absolute atomic E-state index is 0.111. The Morgan fingerprint density at radius 1 is 1.00 bits per heavy atom. The summed E-state index contributed by atoms with van der Waals surface area (Å²) in [6, 6.07) is 0.324. The van der Waals surface area contributed by atoms with Crippen LogP contribution in [0.2, 0.25) is 0 Å². The number of nitrogens with zero attached hydrogens (tertiary/aromatic N) is 1. The molecule has 0 aromatic heterocycles. The Morgan fingerprint density at radius 3 is 2.35 bits per heavy atom. The molecular weight excluding hydrogens is 292 g/mol. The van der Waals surface area contributed by atoms with Crippen LogP contribution in [0.1, 0.15) is 32.1 Å². The number of allylic oxidation sites excluding steroid dienone is 2. The van der Waals surface area contributed by atoms with Gasteiger partial charge in [-0.25, -0.2) is 0 Å². The fourth-order valence-electron chi connectivity index (χ4n) is 4.88. The number of hydrogen-bond donors (Lipinski definition) is 1. The molecule has 4 rings (SSSR count). The Bertz CT molecular complexity index is 506. The number of amides is 2. The molecule has 0 aromatic carbocycles. The van der Waals surface area contributed by atoms with Crippen molar-refractivity contribution in [2.45, 2.75) is 38.1 Å². The summed E-state index contributed by atoms with van der Waals surface area (Å²) in [6.45, 7) is 2.55. The van der Waals surface area contributed by atoms with Crippen LogP contribution < -0.4 is 5.32 Å². The molecule has 23 heavy (non-hydrogen) atoms. The zero-order valence-electron chi connectivity index (χ0n) is 13.6. The van der Waals surface area contributed by atoms with Crippen molar-refractivity contribution in [1.82, 2.24) is 10.2 Å². The van der Waals surface area contributed by atoms with Crippen LogP contribution in [0.25, 0.3) is 0 Å². The number of morpholine rings is 1. The highest BCUT2D eigenvalue weighted by atomic mass is 16.5. The second-order valence-corrected chi connectivity index (χ2v) is 7.43. The van der Waals surface area contributed by atoms with E-state index in [-0.39, 0.29) is 35.5 Å². The standard InChI is InChI=1S/C18H26N2O3/c21-17(19-14-3-1-2-4-14)15-12-5-6-13(11-12)16(15)18(22)20-7-9-23-10-8-20/h5-6,12-16H,1-4,7-11H2,(H,19,21)/t12-,13+,15-,16+/m0/s1. The van der Waals surface area contributed by atoms with Crippen LogP contribution in [0.15, 0.2) is 12.2 Å². The molecule has 4 atom stereocenters. The lowest BCUT2D eigenvalue weighted by Crippen LogP contribution is -2.50. The third-order valence-corrected chi connectivity index (χ3v) is 6.07. The Kier molecular flexibility index (Phi) is 4.14. The number of rotatable bonds is 3. The SMILES string of the molecule is O=C(NC1CCCC1)[C@@H]1[C@H](C(=O)N2CCOCC2)[C@@H]2C=C[C@H]1C2. The van der Waals surface area contributed by atoms with Crippen molar-refractivity contribution in [3.63, 3.8) is 0 Å². The fraction of sp³-hybridized carbons (Fsp3) is 0.778. The van der Waals surface area contributed by atoms with Crippen LogP contribution in [-0.4, -0.2) is 49.1 Å². The number of fused-ring (bicyclic) bond motifs is 2. The van der Waals surface area contributed by atoms with Crippen molar-refractivity contribution >= 4 is 11.8 Å². The van der Waals surface area contributed by atoms with E-state index >= 15 is 0 Å². The summed E-state index contributed by atoms with van der Waals surface area (Å²) in [4.78, 5) is 27.7. The van der Waals surface area contributed by atoms with Crippen LogP contribution in [0.4, 0.5) is 0 Å². The molecule has 0 radical (unpaired) electrons. The van der Waals surface area contributed by atoms with E-state index in [4.69, 9.17) is 4.74 Å². The van der Waals surface area contributed by atoms with Crippen molar-refractivity contribution in [2.75, 3.05) is 26.3 Å². The number of ether oxygens (including phenoxy) is 1. The van der Waals surface area contributed by atoms with Gasteiger partial charge < -0.3 is 15.0 Å². The first-order valence-corrected chi connectivity index (χ1v) is 9.09. The van der Waals surface area contributed by atoms with E-state index in [1.54, 1.807) is 0 Å². The van der Waals surface area contributed by atoms with Crippen molar-refractivity contribution in [2.24, 2.45) is 23.7 Å². The molecule has 2 saturated carbocycles. The van der Waals surface area contributed by atoms with Gasteiger partial charge in [0, 0.05) is 19.1 Å². The summed E-state index contributed by atoms with van der Waals surface area (Å²) in [5, 5.41) is 3.23. The number of hydrogen-bond acceptors (Lipinski definition) is 3. The molecule has 4 aliphatic rings. The average Bonchev–Trinajstić information content (AvgIpc) is 3.31. The minimum atomic E-state index is -0.166. The third kappa shape index (κ3) is 2.80. The van der Waals surface area contributed by atoms with E-state index in [0.717, 1.165) is 19.3 Å². The maximum absolute atomic E-state index is 13.0. The lowest BCUT2D eigenvalue weighted by atomic mass is 9.81. The summed E-state index contributed by atoms with van der Waals surface area (Å²) in [6.07, 6.45) is 9.87. The van der Waals surface area contributed by atoms with Gasteiger partial charge in [-0.1, -0.05) is 25.0 Å². The van der Waals surface area contributed by atoms with Crippen LogP contribution in [-0.2, 0) is 14.3 Å². The fourth-order valence-corrected chi connectivity index (χ4v) is 4.88. The molecule has 2 bridgehead atoms. The molecule has 3 fully saturated rings. The van der Waals surface area contributed by atoms with Crippen molar-refractivity contribution in [3.05, 3.63) is 12.2 Å². The second kappa shape index (κ2) is 6.27. The lowest BCUT2D eigenvalue weighted by molar-refractivity contribution is -0.145. The predicted octanol–water partition coefficient (Wildman–Crippen LogP) is 1.34. The smallest absolute Gasteiger partial charge is 0.227 e. The molecule has 2 amide bonds. The average molecular weight is 318 g/mol.